The van der Waals surface area contributed by atoms with E-state index in [1.165, 1.54) is 11.8 Å². The molecule has 1 atom stereocenters. The summed E-state index contributed by atoms with van der Waals surface area (Å²) < 4.78 is 4.25. The summed E-state index contributed by atoms with van der Waals surface area (Å²) >= 11 is 1.29. The molecule has 2 aromatic rings. The number of anilines is 1. The minimum Gasteiger partial charge on any atom is -0.465 e. The summed E-state index contributed by atoms with van der Waals surface area (Å²) in [4.78, 5) is 27.8. The van der Waals surface area contributed by atoms with E-state index >= 15 is 0 Å². The van der Waals surface area contributed by atoms with E-state index in [0.717, 1.165) is 16.3 Å². The van der Waals surface area contributed by atoms with Crippen molar-refractivity contribution in [1.82, 2.24) is 5.32 Å². The Morgan fingerprint density at radius 1 is 1.30 bits per heavy atom. The minimum atomic E-state index is -1.19. The Bertz CT molecular complexity index is 771. The number of furan rings is 1. The number of hydrogen-bond donors (Lipinski definition) is 1. The number of nitrogens with one attached hydrogen (secondary N) is 1. The van der Waals surface area contributed by atoms with Crippen molar-refractivity contribution in [2.24, 2.45) is 0 Å². The van der Waals surface area contributed by atoms with Crippen LogP contribution < -0.4 is 10.2 Å². The van der Waals surface area contributed by atoms with Gasteiger partial charge in [0.1, 0.15) is 11.5 Å². The topological polar surface area (TPSA) is 62.6 Å². The minimum absolute atomic E-state index is 0.227. The predicted molar refractivity (Wildman–Crippen MR) is 89.4 cm³/mol. The lowest BCUT2D eigenvalue weighted by atomic mass is 10.1. The molecule has 1 N–H and O–H groups in total. The zero-order chi connectivity index (χ0) is 16.6. The largest absolute Gasteiger partial charge is 0.465 e. The van der Waals surface area contributed by atoms with Crippen molar-refractivity contribution in [1.29, 1.82) is 0 Å². The van der Waals surface area contributed by atoms with E-state index in [0.29, 0.717) is 5.76 Å². The van der Waals surface area contributed by atoms with Gasteiger partial charge >= 0.3 is 0 Å². The van der Waals surface area contributed by atoms with Gasteiger partial charge in [0.25, 0.3) is 5.91 Å². The van der Waals surface area contributed by atoms with Crippen molar-refractivity contribution in [2.45, 2.75) is 30.0 Å². The Balaban J connectivity index is 1.80. The standard InChI is InChI=1S/C17H18N2O3S/c1-11-8-9-12(22-11)10-18-15(20)17(2)16(21)19(3)13-6-4-5-7-14(13)23-17/h4-9H,10H2,1-3H3,(H,18,20). The van der Waals surface area contributed by atoms with E-state index in [1.54, 1.807) is 18.9 Å². The molecule has 1 aromatic carbocycles. The van der Waals surface area contributed by atoms with Gasteiger partial charge in [-0.25, -0.2) is 0 Å². The van der Waals surface area contributed by atoms with Crippen molar-refractivity contribution >= 4 is 29.3 Å². The van der Waals surface area contributed by atoms with Crippen molar-refractivity contribution in [3.8, 4) is 0 Å². The summed E-state index contributed by atoms with van der Waals surface area (Å²) in [5.41, 5.74) is 0.828. The highest BCUT2D eigenvalue weighted by molar-refractivity contribution is 8.02. The van der Waals surface area contributed by atoms with E-state index in [4.69, 9.17) is 4.42 Å². The van der Waals surface area contributed by atoms with Crippen LogP contribution in [0.4, 0.5) is 5.69 Å². The molecule has 0 radical (unpaired) electrons. The molecule has 6 heteroatoms. The van der Waals surface area contributed by atoms with Gasteiger partial charge in [-0.1, -0.05) is 23.9 Å². The average Bonchev–Trinajstić information content (AvgIpc) is 2.96. The first-order valence-corrected chi connectivity index (χ1v) is 8.13. The lowest BCUT2D eigenvalue weighted by Gasteiger charge is -2.36. The highest BCUT2D eigenvalue weighted by Crippen LogP contribution is 2.44. The van der Waals surface area contributed by atoms with Crippen LogP contribution in [0.1, 0.15) is 18.4 Å². The Morgan fingerprint density at radius 3 is 2.74 bits per heavy atom. The van der Waals surface area contributed by atoms with Crippen molar-refractivity contribution in [3.63, 3.8) is 0 Å². The lowest BCUT2D eigenvalue weighted by molar-refractivity contribution is -0.131. The molecule has 120 valence electrons. The van der Waals surface area contributed by atoms with E-state index in [-0.39, 0.29) is 18.4 Å². The first kappa shape index (κ1) is 15.7. The molecular formula is C17H18N2O3S. The van der Waals surface area contributed by atoms with Gasteiger partial charge < -0.3 is 14.6 Å². The van der Waals surface area contributed by atoms with E-state index in [9.17, 15) is 9.59 Å². The first-order valence-electron chi connectivity index (χ1n) is 7.31. The predicted octanol–water partition coefficient (Wildman–Crippen LogP) is 2.73. The van der Waals surface area contributed by atoms with Gasteiger partial charge in [0.2, 0.25) is 5.91 Å². The smallest absolute Gasteiger partial charge is 0.252 e. The number of carbonyl (C=O) groups excluding carboxylic acids is 2. The number of aryl methyl sites for hydroxylation is 1. The average molecular weight is 330 g/mol. The van der Waals surface area contributed by atoms with Crippen LogP contribution in [-0.2, 0) is 16.1 Å². The molecule has 1 aliphatic heterocycles. The molecule has 1 aromatic heterocycles. The Kier molecular flexibility index (Phi) is 3.93. The van der Waals surface area contributed by atoms with Crippen LogP contribution in [0, 0.1) is 6.92 Å². The van der Waals surface area contributed by atoms with E-state index in [1.807, 2.05) is 43.3 Å². The number of carbonyl (C=O) groups is 2. The van der Waals surface area contributed by atoms with Crippen LogP contribution in [0.2, 0.25) is 0 Å². The quantitative estimate of drug-likeness (QED) is 0.879. The molecule has 1 unspecified atom stereocenters. The Labute approximate surface area is 139 Å². The summed E-state index contributed by atoms with van der Waals surface area (Å²) in [5.74, 6) is 0.913. The second-order valence-electron chi connectivity index (χ2n) is 5.66. The van der Waals surface area contributed by atoms with Crippen LogP contribution in [0.3, 0.4) is 0 Å². The zero-order valence-corrected chi connectivity index (χ0v) is 14.1. The maximum atomic E-state index is 12.7. The van der Waals surface area contributed by atoms with Gasteiger partial charge in [0.05, 0.1) is 12.2 Å². The van der Waals surface area contributed by atoms with Crippen LogP contribution in [-0.4, -0.2) is 23.6 Å². The Hall–Kier alpha value is -2.21. The van der Waals surface area contributed by atoms with Gasteiger partial charge in [0.15, 0.2) is 4.75 Å². The molecule has 0 spiro atoms. The number of benzene rings is 1. The van der Waals surface area contributed by atoms with Crippen LogP contribution in [0.5, 0.6) is 0 Å². The van der Waals surface area contributed by atoms with Crippen molar-refractivity contribution in [2.75, 3.05) is 11.9 Å². The molecule has 0 saturated carbocycles. The van der Waals surface area contributed by atoms with Crippen LogP contribution in [0.15, 0.2) is 45.7 Å². The highest BCUT2D eigenvalue weighted by Gasteiger charge is 2.48. The second kappa shape index (κ2) is 5.77. The number of fused-ring (bicyclic) bond motifs is 1. The van der Waals surface area contributed by atoms with Crippen LogP contribution in [0.25, 0.3) is 0 Å². The fraction of sp³-hybridized carbons (Fsp3) is 0.294. The number of thioether (sulfide) groups is 1. The number of para-hydroxylation sites is 1. The molecule has 0 aliphatic carbocycles. The molecule has 2 amide bonds. The van der Waals surface area contributed by atoms with Gasteiger partial charge in [-0.15, -0.1) is 0 Å². The summed E-state index contributed by atoms with van der Waals surface area (Å²) in [7, 11) is 1.70. The first-order chi connectivity index (χ1) is 10.9. The lowest BCUT2D eigenvalue weighted by Crippen LogP contribution is -2.55. The number of hydrogen-bond acceptors (Lipinski definition) is 4. The van der Waals surface area contributed by atoms with Crippen molar-refractivity contribution in [3.05, 3.63) is 47.9 Å². The van der Waals surface area contributed by atoms with E-state index < -0.39 is 4.75 Å². The molecule has 5 nitrogen and oxygen atoms in total. The molecule has 2 heterocycles. The molecule has 0 fully saturated rings. The SMILES string of the molecule is Cc1ccc(CNC(=O)C2(C)Sc3ccccc3N(C)C2=O)o1. The molecule has 23 heavy (non-hydrogen) atoms. The molecule has 3 rings (SSSR count). The summed E-state index contributed by atoms with van der Waals surface area (Å²) in [5, 5.41) is 2.80. The third kappa shape index (κ3) is 2.74. The summed E-state index contributed by atoms with van der Waals surface area (Å²) in [6, 6.07) is 11.2. The van der Waals surface area contributed by atoms with Crippen LogP contribution >= 0.6 is 11.8 Å². The third-order valence-corrected chi connectivity index (χ3v) is 5.24. The normalized spacial score (nSPS) is 20.3. The second-order valence-corrected chi connectivity index (χ2v) is 7.12. The van der Waals surface area contributed by atoms with E-state index in [2.05, 4.69) is 5.32 Å². The Morgan fingerprint density at radius 2 is 2.04 bits per heavy atom. The molecule has 0 saturated heterocycles. The molecule has 1 aliphatic rings. The number of rotatable bonds is 3. The zero-order valence-electron chi connectivity index (χ0n) is 13.3. The fourth-order valence-electron chi connectivity index (χ4n) is 2.57. The maximum Gasteiger partial charge on any atom is 0.252 e. The number of amides is 2. The third-order valence-electron chi connectivity index (χ3n) is 3.91. The maximum absolute atomic E-state index is 12.7. The van der Waals surface area contributed by atoms with Gasteiger partial charge in [0, 0.05) is 11.9 Å². The number of nitrogens with zero attached hydrogens (tertiary/aromatic N) is 1. The molecule has 0 bridgehead atoms. The van der Waals surface area contributed by atoms with Crippen molar-refractivity contribution < 1.29 is 14.0 Å². The monoisotopic (exact) mass is 330 g/mol. The summed E-state index contributed by atoms with van der Waals surface area (Å²) in [6.07, 6.45) is 0. The van der Waals surface area contributed by atoms with Gasteiger partial charge in [-0.05, 0) is 38.1 Å². The highest BCUT2D eigenvalue weighted by atomic mass is 32.2. The van der Waals surface area contributed by atoms with Gasteiger partial charge in [-0.2, -0.15) is 0 Å². The fourth-order valence-corrected chi connectivity index (χ4v) is 3.86. The molecular weight excluding hydrogens is 312 g/mol. The summed E-state index contributed by atoms with van der Waals surface area (Å²) in [6.45, 7) is 3.77. The van der Waals surface area contributed by atoms with Gasteiger partial charge in [-0.3, -0.25) is 9.59 Å².